The Labute approximate surface area is 520 Å². The molecule has 19 nitrogen and oxygen atoms in total. The van der Waals surface area contributed by atoms with E-state index in [9.17, 15) is 61.0 Å². The van der Waals surface area contributed by atoms with E-state index in [2.05, 4.69) is 92.1 Å². The van der Waals surface area contributed by atoms with Crippen molar-refractivity contribution in [1.82, 2.24) is 5.32 Å². The minimum absolute atomic E-state index is 0.227. The van der Waals surface area contributed by atoms with Gasteiger partial charge in [0.2, 0.25) is 5.91 Å². The van der Waals surface area contributed by atoms with Crippen LogP contribution in [0.2, 0.25) is 0 Å². The lowest BCUT2D eigenvalue weighted by Gasteiger charge is -2.48. The van der Waals surface area contributed by atoms with E-state index in [1.807, 2.05) is 6.08 Å². The highest BCUT2D eigenvalue weighted by molar-refractivity contribution is 5.76. The number of rotatable bonds is 49. The normalized spacial score (nSPS) is 29.1. The number of amides is 1. The molecule has 19 heteroatoms. The maximum absolute atomic E-state index is 13.4. The van der Waals surface area contributed by atoms with Crippen LogP contribution in [0, 0.1) is 0 Å². The van der Waals surface area contributed by atoms with Crippen molar-refractivity contribution in [3.8, 4) is 0 Å². The van der Waals surface area contributed by atoms with Crippen molar-refractivity contribution >= 4 is 5.91 Å². The Hall–Kier alpha value is -3.03. The van der Waals surface area contributed by atoms with E-state index in [1.165, 1.54) is 89.9 Å². The van der Waals surface area contributed by atoms with E-state index in [-0.39, 0.29) is 18.9 Å². The van der Waals surface area contributed by atoms with E-state index in [1.54, 1.807) is 6.08 Å². The largest absolute Gasteiger partial charge is 0.394 e. The first kappa shape index (κ1) is 78.2. The Morgan fingerprint density at radius 2 is 0.805 bits per heavy atom. The highest BCUT2D eigenvalue weighted by atomic mass is 16.8. The van der Waals surface area contributed by atoms with Crippen LogP contribution in [-0.4, -0.2) is 193 Å². The first-order valence-electron chi connectivity index (χ1n) is 33.3. The summed E-state index contributed by atoms with van der Waals surface area (Å²) < 4.78 is 34.3. The van der Waals surface area contributed by atoms with Gasteiger partial charge in [-0.1, -0.05) is 202 Å². The number of hydrogen-bond donors (Lipinski definition) is 12. The van der Waals surface area contributed by atoms with Crippen LogP contribution in [0.5, 0.6) is 0 Å². The maximum Gasteiger partial charge on any atom is 0.220 e. The second kappa shape index (κ2) is 49.6. The molecule has 0 saturated carbocycles. The van der Waals surface area contributed by atoms with Crippen molar-refractivity contribution in [1.29, 1.82) is 0 Å². The van der Waals surface area contributed by atoms with Gasteiger partial charge in [0.05, 0.1) is 38.6 Å². The third-order valence-electron chi connectivity index (χ3n) is 16.2. The molecule has 502 valence electrons. The maximum atomic E-state index is 13.4. The summed E-state index contributed by atoms with van der Waals surface area (Å²) in [5, 5.41) is 120. The van der Waals surface area contributed by atoms with E-state index in [4.69, 9.17) is 28.4 Å². The second-order valence-corrected chi connectivity index (χ2v) is 23.5. The molecule has 87 heavy (non-hydrogen) atoms. The minimum Gasteiger partial charge on any atom is -0.394 e. The number of nitrogens with one attached hydrogen (secondary N) is 1. The zero-order valence-corrected chi connectivity index (χ0v) is 52.7. The van der Waals surface area contributed by atoms with Crippen LogP contribution in [0.15, 0.2) is 85.1 Å². The quantitative estimate of drug-likeness (QED) is 0.0203. The van der Waals surface area contributed by atoms with Crippen LogP contribution < -0.4 is 5.32 Å². The summed E-state index contributed by atoms with van der Waals surface area (Å²) in [6, 6.07) is -1.00. The van der Waals surface area contributed by atoms with Crippen molar-refractivity contribution in [2.45, 2.75) is 311 Å². The average Bonchev–Trinajstić information content (AvgIpc) is 1.10. The molecule has 3 saturated heterocycles. The fourth-order valence-corrected chi connectivity index (χ4v) is 10.7. The monoisotopic (exact) mass is 1240 g/mol. The molecule has 17 unspecified atom stereocenters. The molecule has 0 radical (unpaired) electrons. The van der Waals surface area contributed by atoms with Crippen molar-refractivity contribution < 1.29 is 89.4 Å². The fourth-order valence-electron chi connectivity index (χ4n) is 10.7. The Balaban J connectivity index is 1.44. The summed E-state index contributed by atoms with van der Waals surface area (Å²) in [5.74, 6) is -0.294. The van der Waals surface area contributed by atoms with Crippen molar-refractivity contribution in [3.63, 3.8) is 0 Å². The molecule has 12 N–H and O–H groups in total. The molecule has 0 bridgehead atoms. The lowest BCUT2D eigenvalue weighted by Crippen LogP contribution is -2.66. The number of aliphatic hydroxyl groups excluding tert-OH is 11. The summed E-state index contributed by atoms with van der Waals surface area (Å²) in [5.41, 5.74) is 0. The summed E-state index contributed by atoms with van der Waals surface area (Å²) in [6.07, 6.45) is 35.6. The van der Waals surface area contributed by atoms with Gasteiger partial charge in [0.25, 0.3) is 0 Å². The van der Waals surface area contributed by atoms with Gasteiger partial charge in [-0.25, -0.2) is 0 Å². The molecule has 0 aromatic heterocycles. The Morgan fingerprint density at radius 1 is 0.425 bits per heavy atom. The van der Waals surface area contributed by atoms with Crippen LogP contribution in [0.25, 0.3) is 0 Å². The van der Waals surface area contributed by atoms with E-state index in [0.717, 1.165) is 83.5 Å². The molecule has 3 fully saturated rings. The Morgan fingerprint density at radius 3 is 1.29 bits per heavy atom. The van der Waals surface area contributed by atoms with Crippen LogP contribution in [0.4, 0.5) is 0 Å². The fraction of sp³-hybridized carbons (Fsp3) is 0.779. The number of aliphatic hydroxyl groups is 11. The van der Waals surface area contributed by atoms with Gasteiger partial charge in [-0.05, 0) is 83.5 Å². The highest BCUT2D eigenvalue weighted by Crippen LogP contribution is 2.33. The first-order valence-corrected chi connectivity index (χ1v) is 33.3. The molecule has 0 aliphatic carbocycles. The van der Waals surface area contributed by atoms with Gasteiger partial charge in [0.1, 0.15) is 73.2 Å². The van der Waals surface area contributed by atoms with Crippen molar-refractivity contribution in [3.05, 3.63) is 85.1 Å². The standard InChI is InChI=1S/C68H117NO18/c1-3-5-7-9-11-13-15-17-19-20-21-22-23-24-25-26-27-28-29-30-32-34-36-38-40-42-44-46-56(74)69-51(52(73)45-43-41-39-37-35-33-31-18-16-14-12-10-8-6-4-2)50-82-66-62(80)59(77)64(54(48-71)84-66)87-68-63(81)60(78)65(55(49-72)85-68)86-67-61(79)58(76)57(75)53(47-70)83-67/h5,7,11,13,16-19,21-22,35,37,43,45,51-55,57-68,70-73,75-81H,3-4,6,8-10,12,14-15,20,23-34,36,38-42,44,46-50H2,1-2H3,(H,69,74)/b7-5-,13-11-,18-16+,19-17-,22-21-,37-35+,45-43+. The highest BCUT2D eigenvalue weighted by Gasteiger charge is 2.53. The number of allylic oxidation sites excluding steroid dienone is 13. The predicted octanol–water partition coefficient (Wildman–Crippen LogP) is 7.93. The van der Waals surface area contributed by atoms with E-state index in [0.29, 0.717) is 12.8 Å². The third-order valence-corrected chi connectivity index (χ3v) is 16.2. The lowest BCUT2D eigenvalue weighted by atomic mass is 9.96. The van der Waals surface area contributed by atoms with Gasteiger partial charge in [0.15, 0.2) is 18.9 Å². The SMILES string of the molecule is CC/C=C\C/C=C\C/C=C\C/C=C\CCCCCCCCCCCCCCCCC(=O)NC(COC1OC(CO)C(OC2OC(CO)C(OC3OC(CO)C(O)C(O)C3O)C(O)C2O)C(O)C1O)C(O)/C=C/CC/C=C/CC/C=C/CCCCCCC. The smallest absolute Gasteiger partial charge is 0.220 e. The zero-order chi connectivity index (χ0) is 63.3. The first-order chi connectivity index (χ1) is 42.3. The van der Waals surface area contributed by atoms with Gasteiger partial charge < -0.3 is 89.9 Å². The van der Waals surface area contributed by atoms with Gasteiger partial charge >= 0.3 is 0 Å². The van der Waals surface area contributed by atoms with E-state index < -0.39 is 124 Å². The summed E-state index contributed by atoms with van der Waals surface area (Å²) in [4.78, 5) is 13.4. The molecule has 3 aliphatic heterocycles. The second-order valence-electron chi connectivity index (χ2n) is 23.5. The topological polar surface area (TPSA) is 307 Å². The van der Waals surface area contributed by atoms with Crippen LogP contribution in [0.3, 0.4) is 0 Å². The molecule has 0 aromatic rings. The minimum atomic E-state index is -1.98. The van der Waals surface area contributed by atoms with Gasteiger partial charge in [0, 0.05) is 6.42 Å². The zero-order valence-electron chi connectivity index (χ0n) is 52.7. The number of ether oxygens (including phenoxy) is 6. The Bertz CT molecular complexity index is 1910. The number of carbonyl (C=O) groups is 1. The molecule has 3 aliphatic rings. The van der Waals surface area contributed by atoms with Crippen LogP contribution in [0.1, 0.15) is 206 Å². The van der Waals surface area contributed by atoms with Gasteiger partial charge in [-0.2, -0.15) is 0 Å². The van der Waals surface area contributed by atoms with Crippen molar-refractivity contribution in [2.75, 3.05) is 26.4 Å². The van der Waals surface area contributed by atoms with Crippen LogP contribution in [-0.2, 0) is 33.2 Å². The van der Waals surface area contributed by atoms with E-state index >= 15 is 0 Å². The molecule has 3 heterocycles. The third kappa shape index (κ3) is 32.2. The molecule has 3 rings (SSSR count). The summed E-state index contributed by atoms with van der Waals surface area (Å²) >= 11 is 0. The number of hydrogen-bond acceptors (Lipinski definition) is 18. The molecule has 0 aromatic carbocycles. The molecule has 1 amide bonds. The van der Waals surface area contributed by atoms with Gasteiger partial charge in [-0.3, -0.25) is 4.79 Å². The molecular formula is C68H117NO18. The summed E-state index contributed by atoms with van der Waals surface area (Å²) in [6.45, 7) is 1.56. The number of carbonyl (C=O) groups excluding carboxylic acids is 1. The summed E-state index contributed by atoms with van der Waals surface area (Å²) in [7, 11) is 0. The Kier molecular flexibility index (Phi) is 44.6. The van der Waals surface area contributed by atoms with Gasteiger partial charge in [-0.15, -0.1) is 0 Å². The number of unbranched alkanes of at least 4 members (excludes halogenated alkanes) is 21. The molecule has 0 spiro atoms. The molecule has 17 atom stereocenters. The predicted molar refractivity (Wildman–Crippen MR) is 337 cm³/mol. The lowest BCUT2D eigenvalue weighted by molar-refractivity contribution is -0.379. The van der Waals surface area contributed by atoms with Crippen LogP contribution >= 0.6 is 0 Å². The van der Waals surface area contributed by atoms with Crippen molar-refractivity contribution in [2.24, 2.45) is 0 Å². The average molecular weight is 1240 g/mol. The molecular weight excluding hydrogens is 1120 g/mol.